The molecule has 1 aromatic carbocycles. The molecule has 0 bridgehead atoms. The van der Waals surface area contributed by atoms with Crippen LogP contribution in [0.1, 0.15) is 19.8 Å². The van der Waals surface area contributed by atoms with E-state index in [1.165, 1.54) is 0 Å². The molecule has 0 amide bonds. The molecule has 19 heavy (non-hydrogen) atoms. The molecule has 0 fully saturated rings. The Balaban J connectivity index is 2.59. The van der Waals surface area contributed by atoms with E-state index in [0.29, 0.717) is 22.2 Å². The van der Waals surface area contributed by atoms with Crippen molar-refractivity contribution in [1.82, 2.24) is 0 Å². The van der Waals surface area contributed by atoms with Crippen LogP contribution in [-0.2, 0) is 4.79 Å². The van der Waals surface area contributed by atoms with Gasteiger partial charge in [-0.25, -0.2) is 0 Å². The van der Waals surface area contributed by atoms with E-state index >= 15 is 0 Å². The average molecular weight is 300 g/mol. The molecule has 0 heterocycles. The molecule has 0 unspecified atom stereocenters. The first-order valence-corrected chi connectivity index (χ1v) is 6.52. The molecule has 0 saturated carbocycles. The summed E-state index contributed by atoms with van der Waals surface area (Å²) in [4.78, 5) is 10.3. The van der Waals surface area contributed by atoms with Crippen molar-refractivity contribution in [3.05, 3.63) is 52.2 Å². The number of rotatable bonds is 6. The second kappa shape index (κ2) is 7.87. The maximum atomic E-state index is 10.3. The van der Waals surface area contributed by atoms with Gasteiger partial charge in [0.05, 0.1) is 15.7 Å². The van der Waals surface area contributed by atoms with Crippen LogP contribution in [0.5, 0.6) is 0 Å². The van der Waals surface area contributed by atoms with Gasteiger partial charge < -0.3 is 10.4 Å². The molecule has 0 aliphatic carbocycles. The Morgan fingerprint density at radius 3 is 2.58 bits per heavy atom. The smallest absolute Gasteiger partial charge is 0.303 e. The normalized spacial score (nSPS) is 11.8. The third-order valence-electron chi connectivity index (χ3n) is 2.29. The molecule has 2 N–H and O–H groups in total. The Hall–Kier alpha value is -1.45. The van der Waals surface area contributed by atoms with E-state index in [9.17, 15) is 4.79 Å². The number of para-hydroxylation sites is 1. The number of carbonyl (C=O) groups is 1. The molecule has 0 spiro atoms. The SMILES string of the molecule is C/C(=C\C=C/CCC(=O)O)Nc1c(Cl)cccc1Cl. The zero-order chi connectivity index (χ0) is 14.3. The fourth-order valence-corrected chi connectivity index (χ4v) is 1.86. The predicted octanol–water partition coefficient (Wildman–Crippen LogP) is 4.73. The molecule has 0 atom stereocenters. The van der Waals surface area contributed by atoms with Crippen LogP contribution in [0.2, 0.25) is 10.0 Å². The highest BCUT2D eigenvalue weighted by Gasteiger charge is 2.04. The van der Waals surface area contributed by atoms with Crippen LogP contribution in [0.25, 0.3) is 0 Å². The Kier molecular flexibility index (Phi) is 6.46. The minimum absolute atomic E-state index is 0.132. The lowest BCUT2D eigenvalue weighted by Gasteiger charge is -2.09. The van der Waals surface area contributed by atoms with Crippen molar-refractivity contribution in [2.75, 3.05) is 5.32 Å². The number of carboxylic acid groups (broad SMARTS) is 1. The van der Waals surface area contributed by atoms with Crippen LogP contribution in [0.3, 0.4) is 0 Å². The second-order valence-corrected chi connectivity index (χ2v) is 4.75. The van der Waals surface area contributed by atoms with E-state index in [1.54, 1.807) is 30.4 Å². The number of allylic oxidation sites excluding steroid dienone is 4. The molecule has 0 saturated heterocycles. The molecular weight excluding hydrogens is 285 g/mol. The molecule has 5 heteroatoms. The highest BCUT2D eigenvalue weighted by molar-refractivity contribution is 6.39. The van der Waals surface area contributed by atoms with Crippen molar-refractivity contribution in [3.8, 4) is 0 Å². The first-order valence-electron chi connectivity index (χ1n) is 5.77. The summed E-state index contributed by atoms with van der Waals surface area (Å²) in [6.45, 7) is 1.88. The minimum Gasteiger partial charge on any atom is -0.481 e. The first kappa shape index (κ1) is 15.6. The number of benzene rings is 1. The summed E-state index contributed by atoms with van der Waals surface area (Å²) in [5.74, 6) is -0.800. The standard InChI is InChI=1S/C14H15Cl2NO2/c1-10(6-3-2-4-9-13(18)19)17-14-11(15)7-5-8-12(14)16/h2-3,5-8,17H,4,9H2,1H3,(H,18,19)/b3-2-,10-6+. The van der Waals surface area contributed by atoms with Crippen LogP contribution in [0.4, 0.5) is 5.69 Å². The Labute approximate surface area is 122 Å². The van der Waals surface area contributed by atoms with Gasteiger partial charge >= 0.3 is 5.97 Å². The first-order chi connectivity index (χ1) is 9.00. The van der Waals surface area contributed by atoms with E-state index < -0.39 is 5.97 Å². The zero-order valence-corrected chi connectivity index (χ0v) is 12.0. The van der Waals surface area contributed by atoms with Crippen LogP contribution in [-0.4, -0.2) is 11.1 Å². The minimum atomic E-state index is -0.800. The lowest BCUT2D eigenvalue weighted by atomic mass is 10.2. The van der Waals surface area contributed by atoms with Gasteiger partial charge in [0.25, 0.3) is 0 Å². The lowest BCUT2D eigenvalue weighted by Crippen LogP contribution is -1.96. The number of halogens is 2. The Morgan fingerprint density at radius 1 is 1.37 bits per heavy atom. The fourth-order valence-electron chi connectivity index (χ4n) is 1.37. The lowest BCUT2D eigenvalue weighted by molar-refractivity contribution is -0.136. The van der Waals surface area contributed by atoms with Crippen molar-refractivity contribution >= 4 is 34.9 Å². The summed E-state index contributed by atoms with van der Waals surface area (Å²) in [6.07, 6.45) is 6.07. The maximum Gasteiger partial charge on any atom is 0.303 e. The number of aliphatic carboxylic acids is 1. The van der Waals surface area contributed by atoms with Crippen LogP contribution >= 0.6 is 23.2 Å². The van der Waals surface area contributed by atoms with Crippen molar-refractivity contribution < 1.29 is 9.90 Å². The third kappa shape index (κ3) is 5.81. The van der Waals surface area contributed by atoms with Crippen molar-refractivity contribution in [1.29, 1.82) is 0 Å². The summed E-state index contributed by atoms with van der Waals surface area (Å²) < 4.78 is 0. The Bertz CT molecular complexity index is 490. The summed E-state index contributed by atoms with van der Waals surface area (Å²) in [5, 5.41) is 12.7. The average Bonchev–Trinajstić information content (AvgIpc) is 2.33. The summed E-state index contributed by atoms with van der Waals surface area (Å²) >= 11 is 12.1. The zero-order valence-electron chi connectivity index (χ0n) is 10.5. The number of anilines is 1. The van der Waals surface area contributed by atoms with Gasteiger partial charge in [-0.2, -0.15) is 0 Å². The highest BCUT2D eigenvalue weighted by Crippen LogP contribution is 2.30. The number of hydrogen-bond acceptors (Lipinski definition) is 2. The summed E-state index contributed by atoms with van der Waals surface area (Å²) in [5.41, 5.74) is 1.53. The van der Waals surface area contributed by atoms with Gasteiger partial charge in [0, 0.05) is 12.1 Å². The summed E-state index contributed by atoms with van der Waals surface area (Å²) in [6, 6.07) is 5.29. The highest BCUT2D eigenvalue weighted by atomic mass is 35.5. The molecule has 0 radical (unpaired) electrons. The van der Waals surface area contributed by atoms with Gasteiger partial charge in [-0.05, 0) is 31.6 Å². The van der Waals surface area contributed by atoms with Crippen molar-refractivity contribution in [3.63, 3.8) is 0 Å². The fraction of sp³-hybridized carbons (Fsp3) is 0.214. The van der Waals surface area contributed by atoms with Crippen LogP contribution in [0.15, 0.2) is 42.1 Å². The van der Waals surface area contributed by atoms with Gasteiger partial charge in [0.1, 0.15) is 0 Å². The molecule has 102 valence electrons. The van der Waals surface area contributed by atoms with Gasteiger partial charge in [-0.3, -0.25) is 4.79 Å². The summed E-state index contributed by atoms with van der Waals surface area (Å²) in [7, 11) is 0. The van der Waals surface area contributed by atoms with E-state index in [1.807, 2.05) is 13.0 Å². The predicted molar refractivity (Wildman–Crippen MR) is 79.9 cm³/mol. The van der Waals surface area contributed by atoms with E-state index in [4.69, 9.17) is 28.3 Å². The monoisotopic (exact) mass is 299 g/mol. The number of nitrogens with one attached hydrogen (secondary N) is 1. The van der Waals surface area contributed by atoms with Gasteiger partial charge in [-0.15, -0.1) is 0 Å². The van der Waals surface area contributed by atoms with Crippen molar-refractivity contribution in [2.24, 2.45) is 0 Å². The quantitative estimate of drug-likeness (QED) is 0.747. The molecule has 0 aromatic heterocycles. The van der Waals surface area contributed by atoms with E-state index in [0.717, 1.165) is 5.70 Å². The largest absolute Gasteiger partial charge is 0.481 e. The van der Waals surface area contributed by atoms with Gasteiger partial charge in [0.2, 0.25) is 0 Å². The number of carboxylic acids is 1. The number of hydrogen-bond donors (Lipinski definition) is 2. The second-order valence-electron chi connectivity index (χ2n) is 3.93. The topological polar surface area (TPSA) is 49.3 Å². The van der Waals surface area contributed by atoms with Crippen molar-refractivity contribution in [2.45, 2.75) is 19.8 Å². The molecular formula is C14H15Cl2NO2. The third-order valence-corrected chi connectivity index (χ3v) is 2.92. The molecule has 1 rings (SSSR count). The molecule has 1 aromatic rings. The molecule has 3 nitrogen and oxygen atoms in total. The van der Waals surface area contributed by atoms with E-state index in [-0.39, 0.29) is 6.42 Å². The van der Waals surface area contributed by atoms with Crippen LogP contribution in [0, 0.1) is 0 Å². The molecule has 0 aliphatic rings. The maximum absolute atomic E-state index is 10.3. The molecule has 0 aliphatic heterocycles. The van der Waals surface area contributed by atoms with Crippen LogP contribution < -0.4 is 5.32 Å². The van der Waals surface area contributed by atoms with Gasteiger partial charge in [0.15, 0.2) is 0 Å². The van der Waals surface area contributed by atoms with Gasteiger partial charge in [-0.1, -0.05) is 41.4 Å². The van der Waals surface area contributed by atoms with E-state index in [2.05, 4.69) is 5.32 Å². The Morgan fingerprint density at radius 2 is 2.00 bits per heavy atom.